The first-order valence-corrected chi connectivity index (χ1v) is 7.02. The molecule has 0 bridgehead atoms. The molecule has 0 aliphatic carbocycles. The normalized spacial score (nSPS) is 10.1. The Bertz CT molecular complexity index is 344. The zero-order valence-corrected chi connectivity index (χ0v) is 10.9. The van der Waals surface area contributed by atoms with Crippen LogP contribution in [0, 0.1) is 0 Å². The Hall–Kier alpha value is -0.670. The lowest BCUT2D eigenvalue weighted by molar-refractivity contribution is 0.0950. The van der Waals surface area contributed by atoms with Gasteiger partial charge in [0.1, 0.15) is 0 Å². The van der Waals surface area contributed by atoms with Crippen molar-refractivity contribution >= 4 is 29.3 Å². The number of alkyl halides is 1. The molecule has 0 fully saturated rings. The van der Waals surface area contributed by atoms with Crippen molar-refractivity contribution in [3.05, 3.63) is 29.8 Å². The zero-order valence-electron chi connectivity index (χ0n) is 9.33. The van der Waals surface area contributed by atoms with E-state index < -0.39 is 0 Å². The third-order valence-electron chi connectivity index (χ3n) is 2.20. The van der Waals surface area contributed by atoms with Crippen molar-refractivity contribution in [3.8, 4) is 0 Å². The molecule has 1 aromatic carbocycles. The van der Waals surface area contributed by atoms with Crippen LogP contribution in [0.3, 0.4) is 0 Å². The summed E-state index contributed by atoms with van der Waals surface area (Å²) in [5.74, 6) is 0.650. The van der Waals surface area contributed by atoms with E-state index in [0.717, 1.165) is 23.3 Å². The second kappa shape index (κ2) is 7.58. The fourth-order valence-corrected chi connectivity index (χ4v) is 2.13. The topological polar surface area (TPSA) is 29.1 Å². The van der Waals surface area contributed by atoms with Gasteiger partial charge in [-0.1, -0.05) is 12.1 Å². The van der Waals surface area contributed by atoms with Crippen molar-refractivity contribution in [1.29, 1.82) is 0 Å². The van der Waals surface area contributed by atoms with Crippen LogP contribution in [0.15, 0.2) is 29.2 Å². The molecule has 0 aromatic heterocycles. The molecule has 1 N–H and O–H groups in total. The van der Waals surface area contributed by atoms with Crippen LogP contribution >= 0.6 is 23.4 Å². The number of hydrogen-bond acceptors (Lipinski definition) is 2. The van der Waals surface area contributed by atoms with Gasteiger partial charge in [-0.2, -0.15) is 0 Å². The molecular weight excluding hydrogens is 242 g/mol. The van der Waals surface area contributed by atoms with Crippen LogP contribution in [-0.4, -0.2) is 24.6 Å². The van der Waals surface area contributed by atoms with E-state index in [2.05, 4.69) is 5.32 Å². The van der Waals surface area contributed by atoms with E-state index >= 15 is 0 Å². The molecule has 88 valence electrons. The molecule has 1 amide bonds. The summed E-state index contributed by atoms with van der Waals surface area (Å²) >= 11 is 7.15. The lowest BCUT2D eigenvalue weighted by atomic mass is 10.2. The highest BCUT2D eigenvalue weighted by Crippen LogP contribution is 2.19. The summed E-state index contributed by atoms with van der Waals surface area (Å²) in [4.78, 5) is 12.8. The van der Waals surface area contributed by atoms with E-state index in [1.165, 1.54) is 0 Å². The Morgan fingerprint density at radius 2 is 2.12 bits per heavy atom. The third kappa shape index (κ3) is 4.06. The van der Waals surface area contributed by atoms with E-state index in [1.807, 2.05) is 30.5 Å². The number of carbonyl (C=O) groups is 1. The van der Waals surface area contributed by atoms with E-state index in [4.69, 9.17) is 11.6 Å². The maximum atomic E-state index is 11.8. The van der Waals surface area contributed by atoms with Crippen molar-refractivity contribution in [2.24, 2.45) is 0 Å². The van der Waals surface area contributed by atoms with E-state index in [9.17, 15) is 4.79 Å². The number of hydrogen-bond donors (Lipinski definition) is 1. The minimum Gasteiger partial charge on any atom is -0.352 e. The first-order chi connectivity index (χ1) is 7.79. The SMILES string of the molecule is CSc1ccccc1C(=O)NCCCCCl. The number of carbonyl (C=O) groups excluding carboxylic acids is 1. The van der Waals surface area contributed by atoms with Crippen molar-refractivity contribution < 1.29 is 4.79 Å². The van der Waals surface area contributed by atoms with Crippen LogP contribution in [0.2, 0.25) is 0 Å². The molecule has 0 heterocycles. The third-order valence-corrected chi connectivity index (χ3v) is 3.26. The molecule has 1 aromatic rings. The number of amides is 1. The van der Waals surface area contributed by atoms with Crippen molar-refractivity contribution in [2.75, 3.05) is 18.7 Å². The van der Waals surface area contributed by atoms with Gasteiger partial charge in [-0.05, 0) is 31.2 Å². The molecule has 0 aliphatic rings. The van der Waals surface area contributed by atoms with Crippen LogP contribution < -0.4 is 5.32 Å². The summed E-state index contributed by atoms with van der Waals surface area (Å²) in [6.45, 7) is 0.689. The second-order valence-corrected chi connectivity index (χ2v) is 4.58. The standard InChI is InChI=1S/C12H16ClNOS/c1-16-11-7-3-2-6-10(11)12(15)14-9-5-4-8-13/h2-3,6-7H,4-5,8-9H2,1H3,(H,14,15). The molecule has 1 rings (SSSR count). The minimum absolute atomic E-state index is 0.000442. The van der Waals surface area contributed by atoms with Gasteiger partial charge < -0.3 is 5.32 Å². The molecule has 2 nitrogen and oxygen atoms in total. The van der Waals surface area contributed by atoms with Crippen molar-refractivity contribution in [2.45, 2.75) is 17.7 Å². The average Bonchev–Trinajstić information content (AvgIpc) is 2.34. The smallest absolute Gasteiger partial charge is 0.252 e. The highest BCUT2D eigenvalue weighted by molar-refractivity contribution is 7.98. The Balaban J connectivity index is 2.52. The summed E-state index contributed by atoms with van der Waals surface area (Å²) in [7, 11) is 0. The van der Waals surface area contributed by atoms with Gasteiger partial charge in [-0.3, -0.25) is 4.79 Å². The zero-order chi connectivity index (χ0) is 11.8. The van der Waals surface area contributed by atoms with E-state index in [1.54, 1.807) is 11.8 Å². The number of rotatable bonds is 6. The van der Waals surface area contributed by atoms with Crippen molar-refractivity contribution in [3.63, 3.8) is 0 Å². The summed E-state index contributed by atoms with van der Waals surface area (Å²) < 4.78 is 0. The van der Waals surface area contributed by atoms with Gasteiger partial charge in [0.05, 0.1) is 5.56 Å². The lowest BCUT2D eigenvalue weighted by Crippen LogP contribution is -2.24. The van der Waals surface area contributed by atoms with E-state index in [0.29, 0.717) is 12.4 Å². The van der Waals surface area contributed by atoms with Crippen LogP contribution in [-0.2, 0) is 0 Å². The monoisotopic (exact) mass is 257 g/mol. The predicted molar refractivity (Wildman–Crippen MR) is 70.5 cm³/mol. The van der Waals surface area contributed by atoms with Crippen LogP contribution in [0.4, 0.5) is 0 Å². The number of unbranched alkanes of at least 4 members (excludes halogenated alkanes) is 1. The maximum absolute atomic E-state index is 11.8. The van der Waals surface area contributed by atoms with Gasteiger partial charge in [0.25, 0.3) is 5.91 Å². The first-order valence-electron chi connectivity index (χ1n) is 5.26. The maximum Gasteiger partial charge on any atom is 0.252 e. The minimum atomic E-state index is -0.000442. The molecular formula is C12H16ClNOS. The molecule has 0 radical (unpaired) electrons. The molecule has 4 heteroatoms. The van der Waals surface area contributed by atoms with Gasteiger partial charge in [0, 0.05) is 17.3 Å². The molecule has 0 aliphatic heterocycles. The number of halogens is 1. The summed E-state index contributed by atoms with van der Waals surface area (Å²) in [6, 6.07) is 7.63. The molecule has 16 heavy (non-hydrogen) atoms. The quantitative estimate of drug-likeness (QED) is 0.482. The second-order valence-electron chi connectivity index (χ2n) is 3.35. The Kier molecular flexibility index (Phi) is 6.34. The van der Waals surface area contributed by atoms with Gasteiger partial charge in [0.15, 0.2) is 0 Å². The number of nitrogens with one attached hydrogen (secondary N) is 1. The Morgan fingerprint density at radius 1 is 1.38 bits per heavy atom. The summed E-state index contributed by atoms with van der Waals surface area (Å²) in [5.41, 5.74) is 0.751. The van der Waals surface area contributed by atoms with Crippen LogP contribution in [0.1, 0.15) is 23.2 Å². The summed E-state index contributed by atoms with van der Waals surface area (Å²) in [5, 5.41) is 2.90. The van der Waals surface area contributed by atoms with Gasteiger partial charge in [0.2, 0.25) is 0 Å². The van der Waals surface area contributed by atoms with Crippen molar-refractivity contribution in [1.82, 2.24) is 5.32 Å². The number of benzene rings is 1. The predicted octanol–water partition coefficient (Wildman–Crippen LogP) is 3.16. The van der Waals surface area contributed by atoms with Gasteiger partial charge in [-0.15, -0.1) is 23.4 Å². The lowest BCUT2D eigenvalue weighted by Gasteiger charge is -2.07. The fourth-order valence-electron chi connectivity index (χ4n) is 1.35. The van der Waals surface area contributed by atoms with Crippen LogP contribution in [0.5, 0.6) is 0 Å². The highest BCUT2D eigenvalue weighted by Gasteiger charge is 2.08. The number of thioether (sulfide) groups is 1. The van der Waals surface area contributed by atoms with E-state index in [-0.39, 0.29) is 5.91 Å². The fraction of sp³-hybridized carbons (Fsp3) is 0.417. The first kappa shape index (κ1) is 13.4. The molecule has 0 saturated carbocycles. The van der Waals surface area contributed by atoms with Gasteiger partial charge >= 0.3 is 0 Å². The molecule has 0 atom stereocenters. The van der Waals surface area contributed by atoms with Crippen LogP contribution in [0.25, 0.3) is 0 Å². The largest absolute Gasteiger partial charge is 0.352 e. The average molecular weight is 258 g/mol. The molecule has 0 unspecified atom stereocenters. The Labute approximate surface area is 106 Å². The molecule has 0 spiro atoms. The Morgan fingerprint density at radius 3 is 2.81 bits per heavy atom. The summed E-state index contributed by atoms with van der Waals surface area (Å²) in [6.07, 6.45) is 3.84. The molecule has 0 saturated heterocycles. The van der Waals surface area contributed by atoms with Gasteiger partial charge in [-0.25, -0.2) is 0 Å². The highest BCUT2D eigenvalue weighted by atomic mass is 35.5.